The van der Waals surface area contributed by atoms with Gasteiger partial charge in [-0.05, 0) is 58.4 Å². The summed E-state index contributed by atoms with van der Waals surface area (Å²) < 4.78 is 24.5. The molecule has 5 aromatic rings. The number of ether oxygens (including phenoxy) is 3. The van der Waals surface area contributed by atoms with Crippen molar-refractivity contribution in [3.63, 3.8) is 0 Å². The second kappa shape index (κ2) is 12.0. The van der Waals surface area contributed by atoms with Crippen molar-refractivity contribution in [1.29, 1.82) is 0 Å². The van der Waals surface area contributed by atoms with E-state index < -0.39 is 5.56 Å². The highest BCUT2D eigenvalue weighted by Gasteiger charge is 2.20. The normalized spacial score (nSPS) is 13.7. The van der Waals surface area contributed by atoms with Crippen LogP contribution in [0.2, 0.25) is 5.02 Å². The van der Waals surface area contributed by atoms with Gasteiger partial charge in [0.05, 0.1) is 47.3 Å². The minimum atomic E-state index is -0.398. The zero-order chi connectivity index (χ0) is 29.2. The zero-order valence-corrected chi connectivity index (χ0v) is 24.7. The Morgan fingerprint density at radius 2 is 1.93 bits per heavy atom. The summed E-state index contributed by atoms with van der Waals surface area (Å²) in [6.45, 7) is 1.80. The van der Waals surface area contributed by atoms with Crippen LogP contribution in [0.3, 0.4) is 0 Å². The monoisotopic (exact) mass is 650 g/mol. The molecule has 10 nitrogen and oxygen atoms in total. The summed E-state index contributed by atoms with van der Waals surface area (Å²) in [5.74, 6) is 1.33. The van der Waals surface area contributed by atoms with E-state index in [9.17, 15) is 9.59 Å². The van der Waals surface area contributed by atoms with Crippen LogP contribution in [0.1, 0.15) is 5.56 Å². The minimum Gasteiger partial charge on any atom is -0.496 e. The Bertz CT molecular complexity index is 1900. The topological polar surface area (TPSA) is 108 Å². The van der Waals surface area contributed by atoms with Crippen molar-refractivity contribution >= 4 is 61.5 Å². The summed E-state index contributed by atoms with van der Waals surface area (Å²) in [4.78, 5) is 32.9. The zero-order valence-electron chi connectivity index (χ0n) is 22.4. The Balaban J connectivity index is 1.42. The molecule has 0 unspecified atom stereocenters. The fourth-order valence-corrected chi connectivity index (χ4v) is 5.65. The molecule has 6 rings (SSSR count). The molecule has 0 bridgehead atoms. The SMILES string of the molecule is COc1cccc2oc(-c3nc4ccccc4c(=O)n3N=Cc3cc(Cl)cc(Br)c3OCC(=O)N3CCOCC3)cc12. The fraction of sp³-hybridized carbons (Fsp3) is 0.200. The van der Waals surface area contributed by atoms with Gasteiger partial charge in [0.2, 0.25) is 5.82 Å². The van der Waals surface area contributed by atoms with Crippen LogP contribution in [-0.4, -0.2) is 66.7 Å². The molecule has 1 amide bonds. The molecular formula is C30H24BrClN4O6. The maximum atomic E-state index is 13.7. The maximum absolute atomic E-state index is 13.7. The predicted molar refractivity (Wildman–Crippen MR) is 163 cm³/mol. The van der Waals surface area contributed by atoms with Gasteiger partial charge in [-0.25, -0.2) is 4.98 Å². The van der Waals surface area contributed by atoms with Gasteiger partial charge in [-0.15, -0.1) is 0 Å². The molecule has 2 aromatic heterocycles. The number of hydrogen-bond acceptors (Lipinski definition) is 8. The van der Waals surface area contributed by atoms with Gasteiger partial charge in [0.15, 0.2) is 12.4 Å². The molecule has 1 saturated heterocycles. The molecule has 12 heteroatoms. The van der Waals surface area contributed by atoms with Crippen LogP contribution in [0, 0.1) is 0 Å². The van der Waals surface area contributed by atoms with Crippen molar-refractivity contribution < 1.29 is 23.4 Å². The predicted octanol–water partition coefficient (Wildman–Crippen LogP) is 5.35. The van der Waals surface area contributed by atoms with Crippen LogP contribution in [0.25, 0.3) is 33.5 Å². The molecule has 0 spiro atoms. The van der Waals surface area contributed by atoms with E-state index >= 15 is 0 Å². The van der Waals surface area contributed by atoms with Crippen molar-refractivity contribution in [1.82, 2.24) is 14.6 Å². The summed E-state index contributed by atoms with van der Waals surface area (Å²) in [5, 5.41) is 6.05. The highest BCUT2D eigenvalue weighted by Crippen LogP contribution is 2.34. The highest BCUT2D eigenvalue weighted by molar-refractivity contribution is 9.10. The number of methoxy groups -OCH3 is 1. The molecule has 0 saturated carbocycles. The van der Waals surface area contributed by atoms with Crippen LogP contribution < -0.4 is 15.0 Å². The quantitative estimate of drug-likeness (QED) is 0.218. The third kappa shape index (κ3) is 5.50. The van der Waals surface area contributed by atoms with Gasteiger partial charge < -0.3 is 23.5 Å². The Kier molecular flexibility index (Phi) is 7.96. The van der Waals surface area contributed by atoms with Crippen molar-refractivity contribution in [2.75, 3.05) is 40.0 Å². The van der Waals surface area contributed by atoms with Crippen LogP contribution >= 0.6 is 27.5 Å². The van der Waals surface area contributed by atoms with Gasteiger partial charge in [0.1, 0.15) is 17.1 Å². The maximum Gasteiger partial charge on any atom is 0.282 e. The number of carbonyl (C=O) groups excluding carboxylic acids is 1. The number of carbonyl (C=O) groups is 1. The Labute approximate surface area is 253 Å². The molecule has 0 atom stereocenters. The van der Waals surface area contributed by atoms with Crippen LogP contribution in [0.4, 0.5) is 0 Å². The Morgan fingerprint density at radius 1 is 1.12 bits per heavy atom. The minimum absolute atomic E-state index is 0.166. The Morgan fingerprint density at radius 3 is 2.74 bits per heavy atom. The number of aromatic nitrogens is 2. The molecule has 1 aliphatic rings. The van der Waals surface area contributed by atoms with Crippen molar-refractivity contribution in [2.45, 2.75) is 0 Å². The van der Waals surface area contributed by atoms with Crippen LogP contribution in [0.5, 0.6) is 11.5 Å². The first kappa shape index (κ1) is 28.0. The van der Waals surface area contributed by atoms with E-state index in [2.05, 4.69) is 21.0 Å². The molecule has 0 N–H and O–H groups in total. The fourth-order valence-electron chi connectivity index (χ4n) is 4.70. The lowest BCUT2D eigenvalue weighted by Crippen LogP contribution is -2.43. The van der Waals surface area contributed by atoms with Crippen LogP contribution in [-0.2, 0) is 9.53 Å². The molecule has 3 aromatic carbocycles. The first-order valence-electron chi connectivity index (χ1n) is 13.0. The first-order chi connectivity index (χ1) is 20.4. The average Bonchev–Trinajstić information content (AvgIpc) is 3.45. The number of benzene rings is 3. The van der Waals surface area contributed by atoms with Crippen molar-refractivity contribution in [3.05, 3.63) is 86.1 Å². The number of para-hydroxylation sites is 1. The van der Waals surface area contributed by atoms with Gasteiger partial charge in [0, 0.05) is 23.7 Å². The lowest BCUT2D eigenvalue weighted by Gasteiger charge is -2.26. The second-order valence-electron chi connectivity index (χ2n) is 9.38. The first-order valence-corrected chi connectivity index (χ1v) is 14.2. The third-order valence-electron chi connectivity index (χ3n) is 6.77. The van der Waals surface area contributed by atoms with Gasteiger partial charge in [0.25, 0.3) is 11.5 Å². The highest BCUT2D eigenvalue weighted by atomic mass is 79.9. The number of furan rings is 1. The van der Waals surface area contributed by atoms with E-state index in [1.807, 2.05) is 12.1 Å². The molecule has 214 valence electrons. The summed E-state index contributed by atoms with van der Waals surface area (Å²) in [7, 11) is 1.58. The van der Waals surface area contributed by atoms with Gasteiger partial charge in [-0.3, -0.25) is 9.59 Å². The third-order valence-corrected chi connectivity index (χ3v) is 7.58. The number of morpholine rings is 1. The number of rotatable bonds is 7. The smallest absolute Gasteiger partial charge is 0.282 e. The van der Waals surface area contributed by atoms with E-state index in [0.29, 0.717) is 75.1 Å². The molecule has 42 heavy (non-hydrogen) atoms. The molecule has 1 fully saturated rings. The van der Waals surface area contributed by atoms with E-state index in [1.54, 1.807) is 60.5 Å². The summed E-state index contributed by atoms with van der Waals surface area (Å²) >= 11 is 9.83. The number of nitrogens with zero attached hydrogens (tertiary/aromatic N) is 4. The standard InChI is InChI=1S/C30H24BrClN4O6/c1-39-24-7-4-8-25-21(24)15-26(42-25)29-34-23-6-3-2-5-20(23)30(38)36(29)33-16-18-13-19(32)14-22(31)28(18)41-17-27(37)35-9-11-40-12-10-35/h2-8,13-16H,9-12,17H2,1H3. The molecule has 0 radical (unpaired) electrons. The van der Waals surface area contributed by atoms with E-state index in [1.165, 1.54) is 10.9 Å². The Hall–Kier alpha value is -4.19. The number of halogens is 2. The lowest BCUT2D eigenvalue weighted by atomic mass is 10.2. The van der Waals surface area contributed by atoms with Crippen LogP contribution in [0.15, 0.2) is 79.4 Å². The van der Waals surface area contributed by atoms with E-state index in [-0.39, 0.29) is 18.3 Å². The molecule has 0 aliphatic carbocycles. The lowest BCUT2D eigenvalue weighted by molar-refractivity contribution is -0.137. The van der Waals surface area contributed by atoms with E-state index in [0.717, 1.165) is 5.39 Å². The largest absolute Gasteiger partial charge is 0.496 e. The van der Waals surface area contributed by atoms with E-state index in [4.69, 9.17) is 35.2 Å². The molecule has 3 heterocycles. The second-order valence-corrected chi connectivity index (χ2v) is 10.7. The van der Waals surface area contributed by atoms with Crippen molar-refractivity contribution in [3.8, 4) is 23.1 Å². The summed E-state index contributed by atoms with van der Waals surface area (Å²) in [6.07, 6.45) is 1.44. The summed E-state index contributed by atoms with van der Waals surface area (Å²) in [5.41, 5.74) is 1.11. The van der Waals surface area contributed by atoms with Gasteiger partial charge in [-0.2, -0.15) is 9.78 Å². The van der Waals surface area contributed by atoms with Crippen molar-refractivity contribution in [2.24, 2.45) is 5.10 Å². The molecule has 1 aliphatic heterocycles. The average molecular weight is 652 g/mol. The molecular weight excluding hydrogens is 628 g/mol. The number of amides is 1. The number of hydrogen-bond donors (Lipinski definition) is 0. The number of fused-ring (bicyclic) bond motifs is 2. The summed E-state index contributed by atoms with van der Waals surface area (Å²) in [6, 6.07) is 17.5. The van der Waals surface area contributed by atoms with Gasteiger partial charge >= 0.3 is 0 Å². The van der Waals surface area contributed by atoms with Gasteiger partial charge in [-0.1, -0.05) is 29.8 Å².